The molecule has 3 nitrogen and oxygen atoms in total. The van der Waals surface area contributed by atoms with E-state index in [1.165, 1.54) is 12.8 Å². The lowest BCUT2D eigenvalue weighted by Gasteiger charge is -2.33. The zero-order valence-corrected chi connectivity index (χ0v) is 10.4. The molecule has 1 saturated carbocycles. The average Bonchev–Trinajstić information content (AvgIpc) is 2.68. The summed E-state index contributed by atoms with van der Waals surface area (Å²) in [5, 5.41) is 9.80. The fourth-order valence-corrected chi connectivity index (χ4v) is 3.06. The topological polar surface area (TPSA) is 32.7 Å². The summed E-state index contributed by atoms with van der Waals surface area (Å²) < 4.78 is 5.65. The molecule has 2 fully saturated rings. The molecule has 0 bridgehead atoms. The van der Waals surface area contributed by atoms with Crippen molar-refractivity contribution in [2.75, 3.05) is 26.2 Å². The Morgan fingerprint density at radius 1 is 1.19 bits per heavy atom. The second-order valence-electron chi connectivity index (χ2n) is 5.21. The summed E-state index contributed by atoms with van der Waals surface area (Å²) in [4.78, 5) is 2.51. The SMILES string of the molecule is CCOC1CCN(CC2CCCC2O)CC1. The second-order valence-corrected chi connectivity index (χ2v) is 5.21. The Bertz CT molecular complexity index is 202. The van der Waals surface area contributed by atoms with E-state index in [4.69, 9.17) is 4.74 Å². The van der Waals surface area contributed by atoms with Gasteiger partial charge in [-0.1, -0.05) is 6.42 Å². The highest BCUT2D eigenvalue weighted by Crippen LogP contribution is 2.27. The van der Waals surface area contributed by atoms with Crippen molar-refractivity contribution in [2.45, 2.75) is 51.2 Å². The number of hydrogen-bond donors (Lipinski definition) is 1. The fourth-order valence-electron chi connectivity index (χ4n) is 3.06. The molecule has 0 aromatic carbocycles. The van der Waals surface area contributed by atoms with Crippen molar-refractivity contribution < 1.29 is 9.84 Å². The van der Waals surface area contributed by atoms with Gasteiger partial charge < -0.3 is 14.7 Å². The predicted octanol–water partition coefficient (Wildman–Crippen LogP) is 1.65. The van der Waals surface area contributed by atoms with Crippen molar-refractivity contribution in [3.8, 4) is 0 Å². The molecule has 1 heterocycles. The molecular formula is C13H25NO2. The van der Waals surface area contributed by atoms with Crippen LogP contribution >= 0.6 is 0 Å². The Balaban J connectivity index is 1.68. The molecule has 1 saturated heterocycles. The normalized spacial score (nSPS) is 33.4. The molecular weight excluding hydrogens is 202 g/mol. The van der Waals surface area contributed by atoms with Crippen LogP contribution in [0.3, 0.4) is 0 Å². The van der Waals surface area contributed by atoms with Gasteiger partial charge in [0.1, 0.15) is 0 Å². The smallest absolute Gasteiger partial charge is 0.0599 e. The number of piperidine rings is 1. The summed E-state index contributed by atoms with van der Waals surface area (Å²) in [7, 11) is 0. The maximum atomic E-state index is 9.80. The molecule has 1 aliphatic carbocycles. The van der Waals surface area contributed by atoms with Gasteiger partial charge in [-0.15, -0.1) is 0 Å². The van der Waals surface area contributed by atoms with Crippen LogP contribution < -0.4 is 0 Å². The standard InChI is InChI=1S/C13H25NO2/c1-2-16-12-6-8-14(9-7-12)10-11-4-3-5-13(11)15/h11-13,15H,2-10H2,1H3. The van der Waals surface area contributed by atoms with Crippen LogP contribution in [0.1, 0.15) is 39.0 Å². The highest BCUT2D eigenvalue weighted by Gasteiger charge is 2.28. The third-order valence-electron chi connectivity index (χ3n) is 4.05. The lowest BCUT2D eigenvalue weighted by molar-refractivity contribution is 0.00576. The minimum Gasteiger partial charge on any atom is -0.393 e. The molecule has 0 aromatic heterocycles. The summed E-state index contributed by atoms with van der Waals surface area (Å²) in [5.41, 5.74) is 0. The van der Waals surface area contributed by atoms with E-state index in [1.807, 2.05) is 0 Å². The zero-order valence-electron chi connectivity index (χ0n) is 10.4. The minimum absolute atomic E-state index is 0.0374. The van der Waals surface area contributed by atoms with E-state index in [1.54, 1.807) is 0 Å². The van der Waals surface area contributed by atoms with E-state index in [9.17, 15) is 5.11 Å². The Morgan fingerprint density at radius 3 is 2.50 bits per heavy atom. The molecule has 3 heteroatoms. The number of rotatable bonds is 4. The molecule has 1 N–H and O–H groups in total. The zero-order chi connectivity index (χ0) is 11.4. The second kappa shape index (κ2) is 5.99. The monoisotopic (exact) mass is 227 g/mol. The van der Waals surface area contributed by atoms with Gasteiger partial charge in [-0.2, -0.15) is 0 Å². The van der Waals surface area contributed by atoms with Crippen LogP contribution in [0.15, 0.2) is 0 Å². The molecule has 2 atom stereocenters. The summed E-state index contributed by atoms with van der Waals surface area (Å²) in [5.74, 6) is 0.531. The van der Waals surface area contributed by atoms with Gasteiger partial charge in [0.15, 0.2) is 0 Å². The van der Waals surface area contributed by atoms with Crippen molar-refractivity contribution in [3.05, 3.63) is 0 Å². The maximum Gasteiger partial charge on any atom is 0.0599 e. The predicted molar refractivity (Wildman–Crippen MR) is 64.4 cm³/mol. The lowest BCUT2D eigenvalue weighted by atomic mass is 10.0. The van der Waals surface area contributed by atoms with Gasteiger partial charge in [0.2, 0.25) is 0 Å². The number of hydrogen-bond acceptors (Lipinski definition) is 3. The Morgan fingerprint density at radius 2 is 1.94 bits per heavy atom. The molecule has 2 rings (SSSR count). The lowest BCUT2D eigenvalue weighted by Crippen LogP contribution is -2.40. The van der Waals surface area contributed by atoms with Gasteiger partial charge in [0.05, 0.1) is 12.2 Å². The molecule has 16 heavy (non-hydrogen) atoms. The van der Waals surface area contributed by atoms with Gasteiger partial charge in [-0.25, -0.2) is 0 Å². The maximum absolute atomic E-state index is 9.80. The number of nitrogens with zero attached hydrogens (tertiary/aromatic N) is 1. The summed E-state index contributed by atoms with van der Waals surface area (Å²) in [6.07, 6.45) is 6.21. The van der Waals surface area contributed by atoms with Crippen LogP contribution in [-0.4, -0.2) is 48.5 Å². The number of likely N-dealkylation sites (tertiary alicyclic amines) is 1. The van der Waals surface area contributed by atoms with E-state index in [-0.39, 0.29) is 6.10 Å². The average molecular weight is 227 g/mol. The number of aliphatic hydroxyl groups excluding tert-OH is 1. The van der Waals surface area contributed by atoms with Gasteiger partial charge in [0.25, 0.3) is 0 Å². The third-order valence-corrected chi connectivity index (χ3v) is 4.05. The summed E-state index contributed by atoms with van der Waals surface area (Å²) in [6.45, 7) is 6.30. The first-order chi connectivity index (χ1) is 7.79. The molecule has 94 valence electrons. The molecule has 0 radical (unpaired) electrons. The number of aliphatic hydroxyl groups is 1. The highest BCUT2D eigenvalue weighted by molar-refractivity contribution is 4.81. The molecule has 2 unspecified atom stereocenters. The van der Waals surface area contributed by atoms with E-state index in [2.05, 4.69) is 11.8 Å². The van der Waals surface area contributed by atoms with Crippen molar-refractivity contribution in [1.29, 1.82) is 0 Å². The summed E-state index contributed by atoms with van der Waals surface area (Å²) >= 11 is 0. The first kappa shape index (κ1) is 12.3. The van der Waals surface area contributed by atoms with E-state index in [0.717, 1.165) is 45.5 Å². The van der Waals surface area contributed by atoms with Crippen molar-refractivity contribution in [1.82, 2.24) is 4.90 Å². The third kappa shape index (κ3) is 3.19. The Hall–Kier alpha value is -0.120. The van der Waals surface area contributed by atoms with Gasteiger partial charge in [-0.05, 0) is 38.5 Å². The van der Waals surface area contributed by atoms with E-state index in [0.29, 0.717) is 12.0 Å². The molecule has 0 aromatic rings. The van der Waals surface area contributed by atoms with Crippen LogP contribution in [0, 0.1) is 5.92 Å². The molecule has 1 aliphatic heterocycles. The van der Waals surface area contributed by atoms with Gasteiger partial charge in [0, 0.05) is 26.2 Å². The van der Waals surface area contributed by atoms with Crippen molar-refractivity contribution in [3.63, 3.8) is 0 Å². The van der Waals surface area contributed by atoms with Crippen LogP contribution in [0.2, 0.25) is 0 Å². The largest absolute Gasteiger partial charge is 0.393 e. The van der Waals surface area contributed by atoms with Crippen LogP contribution in [-0.2, 0) is 4.74 Å². The van der Waals surface area contributed by atoms with E-state index < -0.39 is 0 Å². The van der Waals surface area contributed by atoms with E-state index >= 15 is 0 Å². The van der Waals surface area contributed by atoms with Crippen LogP contribution in [0.4, 0.5) is 0 Å². The minimum atomic E-state index is -0.0374. The van der Waals surface area contributed by atoms with Crippen molar-refractivity contribution >= 4 is 0 Å². The quantitative estimate of drug-likeness (QED) is 0.792. The molecule has 0 amide bonds. The Kier molecular flexibility index (Phi) is 4.62. The van der Waals surface area contributed by atoms with Gasteiger partial charge in [-0.3, -0.25) is 0 Å². The first-order valence-corrected chi connectivity index (χ1v) is 6.81. The van der Waals surface area contributed by atoms with Crippen LogP contribution in [0.5, 0.6) is 0 Å². The molecule has 2 aliphatic rings. The van der Waals surface area contributed by atoms with Crippen molar-refractivity contribution in [2.24, 2.45) is 5.92 Å². The van der Waals surface area contributed by atoms with Gasteiger partial charge >= 0.3 is 0 Å². The Labute approximate surface area is 98.8 Å². The highest BCUT2D eigenvalue weighted by atomic mass is 16.5. The number of ether oxygens (including phenoxy) is 1. The summed E-state index contributed by atoms with van der Waals surface area (Å²) in [6, 6.07) is 0. The molecule has 0 spiro atoms. The fraction of sp³-hybridized carbons (Fsp3) is 1.00. The van der Waals surface area contributed by atoms with Crippen LogP contribution in [0.25, 0.3) is 0 Å². The first-order valence-electron chi connectivity index (χ1n) is 6.81.